The summed E-state index contributed by atoms with van der Waals surface area (Å²) in [5, 5.41) is 8.32. The van der Waals surface area contributed by atoms with E-state index in [1.807, 2.05) is 19.1 Å². The van der Waals surface area contributed by atoms with Gasteiger partial charge in [0, 0.05) is 12.2 Å². The third-order valence-electron chi connectivity index (χ3n) is 1.82. The van der Waals surface area contributed by atoms with Gasteiger partial charge in [-0.1, -0.05) is 24.3 Å². The Morgan fingerprint density at radius 3 is 2.35 bits per heavy atom. The molecule has 88 valence electrons. The molecule has 1 aromatic rings. The largest absolute Gasteiger partial charge is 0.478 e. The predicted octanol–water partition coefficient (Wildman–Crippen LogP) is 2.27. The van der Waals surface area contributed by atoms with Gasteiger partial charge in [0.25, 0.3) is 0 Å². The molecule has 0 amide bonds. The van der Waals surface area contributed by atoms with Crippen molar-refractivity contribution >= 4 is 18.0 Å². The van der Waals surface area contributed by atoms with E-state index in [-0.39, 0.29) is 0 Å². The average molecular weight is 232 g/mol. The number of aliphatic carboxylic acids is 1. The molecule has 17 heavy (non-hydrogen) atoms. The van der Waals surface area contributed by atoms with Crippen LogP contribution in [0.4, 0.5) is 0 Å². The number of carbonyl (C=O) groups excluding carboxylic acids is 1. The van der Waals surface area contributed by atoms with Gasteiger partial charge >= 0.3 is 11.9 Å². The van der Waals surface area contributed by atoms with Crippen molar-refractivity contribution in [2.75, 3.05) is 0 Å². The van der Waals surface area contributed by atoms with Crippen LogP contribution in [0.5, 0.6) is 5.75 Å². The van der Waals surface area contributed by atoms with Crippen LogP contribution in [-0.2, 0) is 9.59 Å². The van der Waals surface area contributed by atoms with Crippen LogP contribution in [-0.4, -0.2) is 17.0 Å². The van der Waals surface area contributed by atoms with Crippen molar-refractivity contribution < 1.29 is 19.4 Å². The van der Waals surface area contributed by atoms with E-state index in [1.54, 1.807) is 24.3 Å². The highest BCUT2D eigenvalue weighted by molar-refractivity contribution is 5.91. The highest BCUT2D eigenvalue weighted by Gasteiger charge is 2.00. The fourth-order valence-corrected chi connectivity index (χ4v) is 1.13. The number of carboxylic acid groups (broad SMARTS) is 1. The van der Waals surface area contributed by atoms with Crippen LogP contribution in [0, 0.1) is 0 Å². The predicted molar refractivity (Wildman–Crippen MR) is 63.6 cm³/mol. The van der Waals surface area contributed by atoms with E-state index in [0.29, 0.717) is 5.75 Å². The lowest BCUT2D eigenvalue weighted by Gasteiger charge is -2.01. The minimum atomic E-state index is -1.19. The Bertz CT molecular complexity index is 455. The molecule has 0 atom stereocenters. The lowest BCUT2D eigenvalue weighted by atomic mass is 10.2. The van der Waals surface area contributed by atoms with Gasteiger partial charge in [-0.3, -0.25) is 0 Å². The zero-order chi connectivity index (χ0) is 12.7. The molecule has 0 unspecified atom stereocenters. The summed E-state index contributed by atoms with van der Waals surface area (Å²) in [6.45, 7) is 1.91. The number of hydrogen-bond donors (Lipinski definition) is 1. The third kappa shape index (κ3) is 4.79. The molecule has 0 bridgehead atoms. The van der Waals surface area contributed by atoms with Gasteiger partial charge < -0.3 is 9.84 Å². The number of carbonyl (C=O) groups is 2. The number of carboxylic acids is 1. The van der Waals surface area contributed by atoms with Crippen molar-refractivity contribution in [3.05, 3.63) is 48.1 Å². The van der Waals surface area contributed by atoms with E-state index in [4.69, 9.17) is 9.84 Å². The smallest absolute Gasteiger partial charge is 0.336 e. The van der Waals surface area contributed by atoms with Gasteiger partial charge in [0.05, 0.1) is 0 Å². The molecule has 0 radical (unpaired) electrons. The molecule has 0 aliphatic rings. The van der Waals surface area contributed by atoms with Crippen LogP contribution in [0.25, 0.3) is 6.08 Å². The molecule has 0 aliphatic carbocycles. The van der Waals surface area contributed by atoms with Crippen molar-refractivity contribution in [3.8, 4) is 5.75 Å². The Labute approximate surface area is 98.8 Å². The minimum Gasteiger partial charge on any atom is -0.478 e. The maximum atomic E-state index is 11.1. The van der Waals surface area contributed by atoms with Gasteiger partial charge in [0.2, 0.25) is 0 Å². The highest BCUT2D eigenvalue weighted by atomic mass is 16.5. The molecule has 1 N–H and O–H groups in total. The summed E-state index contributed by atoms with van der Waals surface area (Å²) in [7, 11) is 0. The molecule has 1 rings (SSSR count). The average Bonchev–Trinajstić information content (AvgIpc) is 2.29. The van der Waals surface area contributed by atoms with Crippen molar-refractivity contribution in [2.24, 2.45) is 0 Å². The van der Waals surface area contributed by atoms with Crippen molar-refractivity contribution in [1.29, 1.82) is 0 Å². The summed E-state index contributed by atoms with van der Waals surface area (Å²) >= 11 is 0. The SMILES string of the molecule is CC=Cc1ccc(OC(=O)/C=C\C(=O)O)cc1. The lowest BCUT2D eigenvalue weighted by Crippen LogP contribution is -2.04. The Balaban J connectivity index is 2.63. The molecule has 1 aromatic carbocycles. The van der Waals surface area contributed by atoms with Crippen LogP contribution in [0.3, 0.4) is 0 Å². The molecule has 0 fully saturated rings. The maximum Gasteiger partial charge on any atom is 0.336 e. The van der Waals surface area contributed by atoms with Crippen LogP contribution in [0.2, 0.25) is 0 Å². The molecule has 4 heteroatoms. The Morgan fingerprint density at radius 2 is 1.82 bits per heavy atom. The Morgan fingerprint density at radius 1 is 1.18 bits per heavy atom. The summed E-state index contributed by atoms with van der Waals surface area (Å²) < 4.78 is 4.88. The van der Waals surface area contributed by atoms with Crippen LogP contribution >= 0.6 is 0 Å². The molecule has 0 saturated heterocycles. The van der Waals surface area contributed by atoms with Gasteiger partial charge in [-0.15, -0.1) is 0 Å². The van der Waals surface area contributed by atoms with Gasteiger partial charge in [0.1, 0.15) is 5.75 Å². The van der Waals surface area contributed by atoms with Gasteiger partial charge in [0.15, 0.2) is 0 Å². The second-order valence-corrected chi connectivity index (χ2v) is 3.16. The summed E-state index contributed by atoms with van der Waals surface area (Å²) in [6, 6.07) is 6.87. The van der Waals surface area contributed by atoms with E-state index in [2.05, 4.69) is 0 Å². The fourth-order valence-electron chi connectivity index (χ4n) is 1.13. The number of benzene rings is 1. The quantitative estimate of drug-likeness (QED) is 0.491. The second-order valence-electron chi connectivity index (χ2n) is 3.16. The Hall–Kier alpha value is -2.36. The monoisotopic (exact) mass is 232 g/mol. The van der Waals surface area contributed by atoms with Gasteiger partial charge in [-0.2, -0.15) is 0 Å². The van der Waals surface area contributed by atoms with Crippen LogP contribution in [0.1, 0.15) is 12.5 Å². The van der Waals surface area contributed by atoms with Gasteiger partial charge in [-0.05, 0) is 24.6 Å². The number of esters is 1. The maximum absolute atomic E-state index is 11.1. The first-order valence-corrected chi connectivity index (χ1v) is 4.97. The van der Waals surface area contributed by atoms with E-state index in [1.165, 1.54) is 0 Å². The summed E-state index contributed by atoms with van der Waals surface area (Å²) in [5.41, 5.74) is 0.994. The highest BCUT2D eigenvalue weighted by Crippen LogP contribution is 2.13. The Kier molecular flexibility index (Phi) is 4.69. The first-order valence-electron chi connectivity index (χ1n) is 4.97. The first kappa shape index (κ1) is 12.7. The number of hydrogen-bond acceptors (Lipinski definition) is 3. The molecule has 0 aromatic heterocycles. The first-order chi connectivity index (χ1) is 8.11. The summed E-state index contributed by atoms with van der Waals surface area (Å²) in [5.74, 6) is -1.53. The summed E-state index contributed by atoms with van der Waals surface area (Å²) in [6.07, 6.45) is 5.41. The molecule has 0 heterocycles. The van der Waals surface area contributed by atoms with Crippen molar-refractivity contribution in [3.63, 3.8) is 0 Å². The molecule has 0 saturated carbocycles. The van der Waals surface area contributed by atoms with Gasteiger partial charge in [-0.25, -0.2) is 9.59 Å². The molecule has 0 spiro atoms. The van der Waals surface area contributed by atoms with Crippen molar-refractivity contribution in [2.45, 2.75) is 6.92 Å². The number of ether oxygens (including phenoxy) is 1. The van der Waals surface area contributed by atoms with E-state index in [9.17, 15) is 9.59 Å². The third-order valence-corrected chi connectivity index (χ3v) is 1.82. The van der Waals surface area contributed by atoms with Crippen LogP contribution < -0.4 is 4.74 Å². The van der Waals surface area contributed by atoms with Crippen LogP contribution in [0.15, 0.2) is 42.5 Å². The van der Waals surface area contributed by atoms with Crippen molar-refractivity contribution in [1.82, 2.24) is 0 Å². The standard InChI is InChI=1S/C13H12O4/c1-2-3-10-4-6-11(7-5-10)17-13(16)9-8-12(14)15/h2-9H,1H3,(H,14,15)/b3-2?,9-8-. The normalized spacial score (nSPS) is 10.9. The second kappa shape index (κ2) is 6.27. The number of rotatable bonds is 4. The van der Waals surface area contributed by atoms with E-state index >= 15 is 0 Å². The minimum absolute atomic E-state index is 0.373. The van der Waals surface area contributed by atoms with E-state index in [0.717, 1.165) is 17.7 Å². The number of allylic oxidation sites excluding steroid dienone is 1. The molecule has 0 aliphatic heterocycles. The zero-order valence-corrected chi connectivity index (χ0v) is 9.29. The fraction of sp³-hybridized carbons (Fsp3) is 0.0769. The lowest BCUT2D eigenvalue weighted by molar-refractivity contribution is -0.133. The topological polar surface area (TPSA) is 63.6 Å². The van der Waals surface area contributed by atoms with E-state index < -0.39 is 11.9 Å². The molecule has 4 nitrogen and oxygen atoms in total. The zero-order valence-electron chi connectivity index (χ0n) is 9.29. The molecular formula is C13H12O4. The molecular weight excluding hydrogens is 220 g/mol. The summed E-state index contributed by atoms with van der Waals surface area (Å²) in [4.78, 5) is 21.3.